The van der Waals surface area contributed by atoms with Crippen molar-refractivity contribution in [2.75, 3.05) is 7.11 Å². The lowest BCUT2D eigenvalue weighted by Crippen LogP contribution is -2.64. The number of rotatable bonds is 6. The molecule has 3 aromatic carbocycles. The molecule has 0 bridgehead atoms. The fourth-order valence-electron chi connectivity index (χ4n) is 6.26. The molecule has 6 N–H and O–H groups in total. The van der Waals surface area contributed by atoms with Crippen molar-refractivity contribution in [3.05, 3.63) is 57.9 Å². The fourth-order valence-corrected chi connectivity index (χ4v) is 6.26. The second kappa shape index (κ2) is 12.1. The third-order valence-electron chi connectivity index (χ3n) is 8.74. The van der Waals surface area contributed by atoms with Gasteiger partial charge in [0.15, 0.2) is 18.0 Å². The van der Waals surface area contributed by atoms with Crippen LogP contribution in [0.2, 0.25) is 0 Å². The lowest BCUT2D eigenvalue weighted by molar-refractivity contribution is -0.353. The van der Waals surface area contributed by atoms with Crippen LogP contribution in [0.25, 0.3) is 32.5 Å². The van der Waals surface area contributed by atoms with Gasteiger partial charge >= 0.3 is 11.6 Å². The van der Waals surface area contributed by atoms with Gasteiger partial charge in [0.25, 0.3) is 0 Å². The van der Waals surface area contributed by atoms with E-state index < -0.39 is 73.0 Å². The average molecular weight is 643 g/mol. The summed E-state index contributed by atoms with van der Waals surface area (Å²) in [7, 11) is 1.30. The molecular weight excluding hydrogens is 608 g/mol. The number of aromatic hydroxyl groups is 1. The molecule has 0 unspecified atom stereocenters. The number of phenolic OH excluding ortho intramolecular Hbond substituents is 1. The molecule has 1 aromatic heterocycles. The number of fused-ring (bicyclic) bond motifs is 5. The minimum Gasteiger partial charge on any atom is -0.507 e. The highest BCUT2D eigenvalue weighted by molar-refractivity contribution is 6.21. The summed E-state index contributed by atoms with van der Waals surface area (Å²) in [5.41, 5.74) is -0.584. The highest BCUT2D eigenvalue weighted by atomic mass is 16.8. The van der Waals surface area contributed by atoms with Gasteiger partial charge in [0.2, 0.25) is 6.29 Å². The number of carbonyl (C=O) groups is 1. The Balaban J connectivity index is 1.49. The van der Waals surface area contributed by atoms with Crippen molar-refractivity contribution >= 4 is 38.5 Å². The van der Waals surface area contributed by atoms with E-state index in [1.54, 1.807) is 19.9 Å². The molecule has 46 heavy (non-hydrogen) atoms. The maximum Gasteiger partial charge on any atom is 0.344 e. The van der Waals surface area contributed by atoms with Crippen LogP contribution in [0.15, 0.2) is 45.6 Å². The molecule has 14 nitrogen and oxygen atoms in total. The van der Waals surface area contributed by atoms with Gasteiger partial charge in [-0.25, -0.2) is 9.59 Å². The summed E-state index contributed by atoms with van der Waals surface area (Å²) < 4.78 is 34.8. The molecule has 14 heteroatoms. The summed E-state index contributed by atoms with van der Waals surface area (Å²) in [6.45, 7) is 4.67. The number of ether oxygens (including phenoxy) is 5. The topological polar surface area (TPSA) is 215 Å². The number of carboxylic acids is 1. The molecule has 2 saturated heterocycles. The second-order valence-electron chi connectivity index (χ2n) is 11.6. The minimum atomic E-state index is -1.62. The lowest BCUT2D eigenvalue weighted by atomic mass is 9.96. The Labute approximate surface area is 260 Å². The van der Waals surface area contributed by atoms with Gasteiger partial charge in [0, 0.05) is 23.3 Å². The molecule has 4 aromatic rings. The number of methoxy groups -OCH3 is 1. The number of aromatic carboxylic acids is 1. The monoisotopic (exact) mass is 642 g/mol. The van der Waals surface area contributed by atoms with Crippen molar-refractivity contribution in [1.29, 1.82) is 0 Å². The number of hydrogen-bond acceptors (Lipinski definition) is 13. The van der Waals surface area contributed by atoms with Crippen LogP contribution >= 0.6 is 0 Å². The van der Waals surface area contributed by atoms with Crippen LogP contribution in [0.4, 0.5) is 0 Å². The first-order chi connectivity index (χ1) is 21.8. The smallest absolute Gasteiger partial charge is 0.344 e. The Hall–Kier alpha value is -3.86. The number of carboxylic acid groups (broad SMARTS) is 1. The van der Waals surface area contributed by atoms with Crippen LogP contribution in [0.1, 0.15) is 29.8 Å². The molecule has 0 spiro atoms. The van der Waals surface area contributed by atoms with E-state index in [1.807, 2.05) is 0 Å². The summed E-state index contributed by atoms with van der Waals surface area (Å²) in [4.78, 5) is 25.5. The van der Waals surface area contributed by atoms with Crippen molar-refractivity contribution < 1.29 is 63.5 Å². The Bertz CT molecular complexity index is 1870. The van der Waals surface area contributed by atoms with Gasteiger partial charge in [-0.3, -0.25) is 0 Å². The van der Waals surface area contributed by atoms with E-state index in [1.165, 1.54) is 44.4 Å². The summed E-state index contributed by atoms with van der Waals surface area (Å²) in [5, 5.41) is 64.6. The molecule has 0 amide bonds. The Morgan fingerprint density at radius 2 is 1.52 bits per heavy atom. The molecular formula is C32H34O14. The normalized spacial score (nSPS) is 31.8. The molecule has 246 valence electrons. The number of phenols is 1. The molecule has 0 saturated carbocycles. The molecule has 0 aliphatic carbocycles. The first-order valence-electron chi connectivity index (χ1n) is 14.6. The Morgan fingerprint density at radius 3 is 2.22 bits per heavy atom. The standard InChI is InChI=1S/C32H34O14/c1-11-8-9-15(29(38)39)20-16-10-17(33)14-6-5-7-18(21(14)26(16)45-30(40)19(11)20)44-32-28(24(36)22(34)12(2)43-32)46-31-25(37)27(41-4)23(35)13(3)42-31/h5-10,12-13,22-25,27-28,31-37H,1-4H3,(H,38,39)/t12-,13-,22+,23+,24+,25+,27+,28-,31-,32-/m0/s1. The summed E-state index contributed by atoms with van der Waals surface area (Å²) in [6, 6.07) is 8.74. The SMILES string of the molecule is CO[C@H]1[C@@H](O)[C@H](O[C@@H]2[C@H](Oc3cccc4c(O)cc5c(oc(=O)c6c(C)ccc(C(=O)O)c65)c34)O[C@@H](C)[C@@H](O)[C@H]2O)O[C@@H](C)[C@H]1O. The van der Waals surface area contributed by atoms with E-state index in [-0.39, 0.29) is 49.6 Å². The van der Waals surface area contributed by atoms with Crippen LogP contribution < -0.4 is 10.4 Å². The first kappa shape index (κ1) is 32.1. The second-order valence-corrected chi connectivity index (χ2v) is 11.6. The van der Waals surface area contributed by atoms with Gasteiger partial charge in [-0.1, -0.05) is 18.2 Å². The predicted molar refractivity (Wildman–Crippen MR) is 160 cm³/mol. The van der Waals surface area contributed by atoms with E-state index in [0.717, 1.165) is 0 Å². The van der Waals surface area contributed by atoms with E-state index in [0.29, 0.717) is 5.56 Å². The number of aliphatic hydroxyl groups excluding tert-OH is 4. The van der Waals surface area contributed by atoms with Crippen LogP contribution in [-0.4, -0.2) is 105 Å². The minimum absolute atomic E-state index is 0.0107. The molecule has 2 fully saturated rings. The van der Waals surface area contributed by atoms with Gasteiger partial charge < -0.3 is 58.7 Å². The Morgan fingerprint density at radius 1 is 0.826 bits per heavy atom. The van der Waals surface area contributed by atoms with Gasteiger partial charge in [0.1, 0.15) is 42.0 Å². The maximum absolute atomic E-state index is 13.3. The van der Waals surface area contributed by atoms with Crippen LogP contribution in [0.5, 0.6) is 11.5 Å². The van der Waals surface area contributed by atoms with Crippen molar-refractivity contribution in [2.45, 2.75) is 82.2 Å². The van der Waals surface area contributed by atoms with E-state index >= 15 is 0 Å². The highest BCUT2D eigenvalue weighted by Crippen LogP contribution is 2.42. The number of aryl methyl sites for hydroxylation is 1. The van der Waals surface area contributed by atoms with E-state index in [9.17, 15) is 40.2 Å². The first-order valence-corrected chi connectivity index (χ1v) is 14.6. The predicted octanol–water partition coefficient (Wildman–Crippen LogP) is 1.52. The molecule has 2 aliphatic rings. The number of hydrogen-bond donors (Lipinski definition) is 6. The van der Waals surface area contributed by atoms with Crippen molar-refractivity contribution in [2.24, 2.45) is 0 Å². The molecule has 10 atom stereocenters. The van der Waals surface area contributed by atoms with Crippen molar-refractivity contribution in [3.8, 4) is 11.5 Å². The van der Waals surface area contributed by atoms with Crippen LogP contribution in [-0.2, 0) is 18.9 Å². The van der Waals surface area contributed by atoms with Gasteiger partial charge in [0.05, 0.1) is 28.5 Å². The van der Waals surface area contributed by atoms with E-state index in [2.05, 4.69) is 0 Å². The molecule has 6 rings (SSSR count). The summed E-state index contributed by atoms with van der Waals surface area (Å²) in [5.74, 6) is -1.56. The molecule has 2 aliphatic heterocycles. The quantitative estimate of drug-likeness (QED) is 0.130. The third kappa shape index (κ3) is 5.16. The van der Waals surface area contributed by atoms with Gasteiger partial charge in [-0.2, -0.15) is 0 Å². The Kier molecular flexibility index (Phi) is 8.41. The lowest BCUT2D eigenvalue weighted by Gasteiger charge is -2.46. The van der Waals surface area contributed by atoms with Crippen LogP contribution in [0.3, 0.4) is 0 Å². The zero-order chi connectivity index (χ0) is 33.2. The van der Waals surface area contributed by atoms with E-state index in [4.69, 9.17) is 28.1 Å². The van der Waals surface area contributed by atoms with Gasteiger partial charge in [-0.05, 0) is 44.5 Å². The van der Waals surface area contributed by atoms with Crippen molar-refractivity contribution in [1.82, 2.24) is 0 Å². The summed E-state index contributed by atoms with van der Waals surface area (Å²) >= 11 is 0. The number of aliphatic hydroxyl groups is 4. The van der Waals surface area contributed by atoms with Gasteiger partial charge in [-0.15, -0.1) is 0 Å². The fraction of sp³-hybridized carbons (Fsp3) is 0.438. The summed E-state index contributed by atoms with van der Waals surface area (Å²) in [6.07, 6.45) is -13.0. The molecule has 3 heterocycles. The zero-order valence-electron chi connectivity index (χ0n) is 25.2. The average Bonchev–Trinajstić information content (AvgIpc) is 3.01. The maximum atomic E-state index is 13.3. The van der Waals surface area contributed by atoms with Crippen LogP contribution in [0, 0.1) is 6.92 Å². The highest BCUT2D eigenvalue weighted by Gasteiger charge is 2.50. The third-order valence-corrected chi connectivity index (χ3v) is 8.74. The zero-order valence-corrected chi connectivity index (χ0v) is 25.2. The number of benzene rings is 3. The largest absolute Gasteiger partial charge is 0.507 e. The van der Waals surface area contributed by atoms with Crippen molar-refractivity contribution in [3.63, 3.8) is 0 Å². The molecule has 0 radical (unpaired) electrons.